The van der Waals surface area contributed by atoms with Crippen molar-refractivity contribution in [3.8, 4) is 23.1 Å². The molecule has 0 aliphatic heterocycles. The maximum Gasteiger partial charge on any atom is 0.302 e. The van der Waals surface area contributed by atoms with Crippen LogP contribution in [0.15, 0.2) is 77.0 Å². The number of rotatable bonds is 8. The van der Waals surface area contributed by atoms with Crippen molar-refractivity contribution in [1.29, 1.82) is 0 Å². The molecule has 0 fully saturated rings. The number of carbonyl (C=O) groups excluding carboxylic acids is 1. The summed E-state index contributed by atoms with van der Waals surface area (Å²) in [5, 5.41) is 19.6. The molecular formula is C29H31N3O5. The molecule has 1 aromatic heterocycles. The van der Waals surface area contributed by atoms with Crippen LogP contribution in [0.2, 0.25) is 0 Å². The van der Waals surface area contributed by atoms with Gasteiger partial charge in [-0.3, -0.25) is 4.79 Å². The minimum absolute atomic E-state index is 0.0309. The molecule has 1 N–H and O–H groups in total. The topological polar surface area (TPSA) is 94.6 Å². The van der Waals surface area contributed by atoms with Gasteiger partial charge in [0.2, 0.25) is 5.88 Å². The summed E-state index contributed by atoms with van der Waals surface area (Å²) < 4.78 is 18.0. The average molecular weight is 502 g/mol. The predicted octanol–water partition coefficient (Wildman–Crippen LogP) is 6.40. The Balaban J connectivity index is 1.52. The van der Waals surface area contributed by atoms with Gasteiger partial charge < -0.3 is 23.9 Å². The molecule has 0 saturated carbocycles. The van der Waals surface area contributed by atoms with E-state index >= 15 is 0 Å². The molecule has 1 heterocycles. The molecule has 0 saturated heterocycles. The highest BCUT2D eigenvalue weighted by molar-refractivity contribution is 5.95. The number of aromatic nitrogens is 1. The molecule has 3 aromatic carbocycles. The third kappa shape index (κ3) is 5.74. The number of methoxy groups -OCH3 is 2. The summed E-state index contributed by atoms with van der Waals surface area (Å²) in [6.07, 6.45) is 0. The van der Waals surface area contributed by atoms with Crippen LogP contribution < -0.4 is 14.2 Å². The van der Waals surface area contributed by atoms with Crippen molar-refractivity contribution in [2.45, 2.75) is 32.7 Å². The van der Waals surface area contributed by atoms with Gasteiger partial charge in [-0.05, 0) is 46.9 Å². The molecule has 0 spiro atoms. The summed E-state index contributed by atoms with van der Waals surface area (Å²) in [6, 6.07) is 20.6. The van der Waals surface area contributed by atoms with E-state index in [2.05, 4.69) is 31.0 Å². The Morgan fingerprint density at radius 2 is 1.65 bits per heavy atom. The lowest BCUT2D eigenvalue weighted by Gasteiger charge is -2.19. The highest BCUT2D eigenvalue weighted by atomic mass is 16.5. The van der Waals surface area contributed by atoms with E-state index in [-0.39, 0.29) is 23.6 Å². The zero-order chi connectivity index (χ0) is 26.6. The van der Waals surface area contributed by atoms with Gasteiger partial charge in [0.1, 0.15) is 5.75 Å². The zero-order valence-corrected chi connectivity index (χ0v) is 21.7. The van der Waals surface area contributed by atoms with Gasteiger partial charge in [-0.2, -0.15) is 0 Å². The fourth-order valence-electron chi connectivity index (χ4n) is 4.02. The fourth-order valence-corrected chi connectivity index (χ4v) is 4.02. The summed E-state index contributed by atoms with van der Waals surface area (Å²) in [5.74, 6) is 1.14. The van der Waals surface area contributed by atoms with Gasteiger partial charge >= 0.3 is 5.91 Å². The second kappa shape index (κ2) is 10.7. The summed E-state index contributed by atoms with van der Waals surface area (Å²) in [6.45, 7) is 6.49. The van der Waals surface area contributed by atoms with E-state index < -0.39 is 5.91 Å². The number of amides is 1. The lowest BCUT2D eigenvalue weighted by molar-refractivity contribution is -0.120. The van der Waals surface area contributed by atoms with E-state index in [1.807, 2.05) is 66.7 Å². The second-order valence-electron chi connectivity index (χ2n) is 9.62. The Kier molecular flexibility index (Phi) is 7.47. The SMILES string of the molecule is COc1ccc(Cn2c(O)c(N=NC(=O)COc3ccc(C(C)(C)C)cc3)c3ccccc32)cc1OC. The molecule has 0 radical (unpaired) electrons. The molecular weight excluding hydrogens is 470 g/mol. The Morgan fingerprint density at radius 1 is 0.946 bits per heavy atom. The number of hydrogen-bond acceptors (Lipinski definition) is 6. The lowest BCUT2D eigenvalue weighted by Crippen LogP contribution is -2.11. The quantitative estimate of drug-likeness (QED) is 0.282. The van der Waals surface area contributed by atoms with Crippen LogP contribution in [0.3, 0.4) is 0 Å². The number of nitrogens with zero attached hydrogens (tertiary/aromatic N) is 3. The number of ether oxygens (including phenoxy) is 3. The van der Waals surface area contributed by atoms with Gasteiger partial charge in [0.05, 0.1) is 26.3 Å². The molecule has 1 amide bonds. The summed E-state index contributed by atoms with van der Waals surface area (Å²) in [5.41, 5.74) is 3.07. The van der Waals surface area contributed by atoms with Gasteiger partial charge in [0.15, 0.2) is 23.8 Å². The number of hydrogen-bond donors (Lipinski definition) is 1. The Hall–Kier alpha value is -4.33. The van der Waals surface area contributed by atoms with Gasteiger partial charge in [-0.25, -0.2) is 0 Å². The zero-order valence-electron chi connectivity index (χ0n) is 21.7. The third-order valence-electron chi connectivity index (χ3n) is 6.05. The molecule has 8 heteroatoms. The maximum atomic E-state index is 12.4. The van der Waals surface area contributed by atoms with Crippen molar-refractivity contribution in [3.63, 3.8) is 0 Å². The molecule has 0 aliphatic carbocycles. The average Bonchev–Trinajstić information content (AvgIpc) is 3.16. The molecule has 0 bridgehead atoms. The van der Waals surface area contributed by atoms with Crippen LogP contribution in [0.4, 0.5) is 5.69 Å². The van der Waals surface area contributed by atoms with E-state index in [0.29, 0.717) is 29.2 Å². The minimum atomic E-state index is -0.559. The van der Waals surface area contributed by atoms with Crippen molar-refractivity contribution in [3.05, 3.63) is 77.9 Å². The van der Waals surface area contributed by atoms with Gasteiger partial charge in [0, 0.05) is 5.39 Å². The maximum absolute atomic E-state index is 12.4. The normalized spacial score (nSPS) is 11.7. The number of fused-ring (bicyclic) bond motifs is 1. The van der Waals surface area contributed by atoms with Crippen molar-refractivity contribution in [1.82, 2.24) is 4.57 Å². The molecule has 37 heavy (non-hydrogen) atoms. The Labute approximate surface area is 216 Å². The fraction of sp³-hybridized carbons (Fsp3) is 0.276. The second-order valence-corrected chi connectivity index (χ2v) is 9.62. The van der Waals surface area contributed by atoms with E-state index in [1.54, 1.807) is 18.8 Å². The van der Waals surface area contributed by atoms with Crippen molar-refractivity contribution < 1.29 is 24.1 Å². The highest BCUT2D eigenvalue weighted by Crippen LogP contribution is 2.39. The first-order valence-corrected chi connectivity index (χ1v) is 11.9. The molecule has 0 unspecified atom stereocenters. The van der Waals surface area contributed by atoms with Gasteiger partial charge in [-0.1, -0.05) is 57.2 Å². The van der Waals surface area contributed by atoms with Gasteiger partial charge in [0.25, 0.3) is 0 Å². The van der Waals surface area contributed by atoms with E-state index in [0.717, 1.165) is 11.1 Å². The molecule has 0 aliphatic rings. The first-order chi connectivity index (χ1) is 17.7. The van der Waals surface area contributed by atoms with Crippen LogP contribution in [0.1, 0.15) is 31.9 Å². The molecule has 4 rings (SSSR count). The van der Waals surface area contributed by atoms with Crippen LogP contribution in [0, 0.1) is 0 Å². The van der Waals surface area contributed by atoms with E-state index in [1.165, 1.54) is 5.56 Å². The largest absolute Gasteiger partial charge is 0.493 e. The van der Waals surface area contributed by atoms with E-state index in [4.69, 9.17) is 14.2 Å². The first kappa shape index (κ1) is 25.8. The van der Waals surface area contributed by atoms with Crippen LogP contribution in [-0.2, 0) is 16.8 Å². The number of carbonyl (C=O) groups is 1. The van der Waals surface area contributed by atoms with Crippen molar-refractivity contribution >= 4 is 22.5 Å². The van der Waals surface area contributed by atoms with Crippen molar-refractivity contribution in [2.24, 2.45) is 10.2 Å². The lowest BCUT2D eigenvalue weighted by atomic mass is 9.87. The van der Waals surface area contributed by atoms with Crippen LogP contribution in [-0.4, -0.2) is 36.4 Å². The summed E-state index contributed by atoms with van der Waals surface area (Å²) in [4.78, 5) is 12.4. The van der Waals surface area contributed by atoms with Crippen molar-refractivity contribution in [2.75, 3.05) is 20.8 Å². The molecule has 0 atom stereocenters. The standard InChI is InChI=1S/C29H31N3O5/c1-29(2,3)20-11-13-21(14-12-20)37-18-26(33)30-31-27-22-8-6-7-9-23(22)32(28(27)34)17-19-10-15-24(35-4)25(16-19)36-5/h6-16,34H,17-18H2,1-5H3. The van der Waals surface area contributed by atoms with Crippen LogP contribution >= 0.6 is 0 Å². The van der Waals surface area contributed by atoms with Gasteiger partial charge in [-0.15, -0.1) is 10.2 Å². The summed E-state index contributed by atoms with van der Waals surface area (Å²) in [7, 11) is 3.15. The molecule has 8 nitrogen and oxygen atoms in total. The summed E-state index contributed by atoms with van der Waals surface area (Å²) >= 11 is 0. The molecule has 4 aromatic rings. The van der Waals surface area contributed by atoms with Crippen LogP contribution in [0.5, 0.6) is 23.1 Å². The monoisotopic (exact) mass is 501 g/mol. The Morgan fingerprint density at radius 3 is 2.32 bits per heavy atom. The Bertz CT molecular complexity index is 1430. The minimum Gasteiger partial charge on any atom is -0.493 e. The first-order valence-electron chi connectivity index (χ1n) is 11.9. The number of aromatic hydroxyl groups is 1. The smallest absolute Gasteiger partial charge is 0.302 e. The molecule has 192 valence electrons. The third-order valence-corrected chi connectivity index (χ3v) is 6.05. The predicted molar refractivity (Wildman–Crippen MR) is 142 cm³/mol. The number of benzene rings is 3. The number of para-hydroxylation sites is 1. The van der Waals surface area contributed by atoms with E-state index in [9.17, 15) is 9.90 Å². The van der Waals surface area contributed by atoms with Crippen LogP contribution in [0.25, 0.3) is 10.9 Å². The highest BCUT2D eigenvalue weighted by Gasteiger charge is 2.18. The number of azo groups is 1.